The quantitative estimate of drug-likeness (QED) is 0.697. The highest BCUT2D eigenvalue weighted by atomic mass is 16.5. The average molecular weight is 176 g/mol. The van der Waals surface area contributed by atoms with Crippen molar-refractivity contribution in [2.75, 3.05) is 14.2 Å². The molecule has 0 aromatic carbocycles. The lowest BCUT2D eigenvalue weighted by Crippen LogP contribution is -2.15. The van der Waals surface area contributed by atoms with Crippen LogP contribution in [-0.4, -0.2) is 19.1 Å². The van der Waals surface area contributed by atoms with Crippen molar-refractivity contribution < 1.29 is 4.74 Å². The highest BCUT2D eigenvalue weighted by molar-refractivity contribution is 5.36. The summed E-state index contributed by atoms with van der Waals surface area (Å²) in [5.74, 6) is 3.33. The molecular formula is C10H12N2O. The third-order valence-electron chi connectivity index (χ3n) is 1.80. The summed E-state index contributed by atoms with van der Waals surface area (Å²) in [4.78, 5) is 3.95. The zero-order chi connectivity index (χ0) is 9.68. The zero-order valence-corrected chi connectivity index (χ0v) is 7.74. The largest absolute Gasteiger partial charge is 0.495 e. The van der Waals surface area contributed by atoms with Crippen molar-refractivity contribution in [2.24, 2.45) is 0 Å². The number of aromatic nitrogens is 1. The molecule has 0 aliphatic carbocycles. The maximum Gasteiger partial charge on any atom is 0.142 e. The first kappa shape index (κ1) is 9.56. The Hall–Kier alpha value is -1.53. The van der Waals surface area contributed by atoms with Gasteiger partial charge in [-0.25, -0.2) is 0 Å². The minimum atomic E-state index is -0.127. The second-order valence-electron chi connectivity index (χ2n) is 2.51. The van der Waals surface area contributed by atoms with E-state index in [1.54, 1.807) is 19.5 Å². The van der Waals surface area contributed by atoms with Gasteiger partial charge in [0.1, 0.15) is 5.75 Å². The Morgan fingerprint density at radius 1 is 1.69 bits per heavy atom. The van der Waals surface area contributed by atoms with Crippen molar-refractivity contribution in [1.29, 1.82) is 0 Å². The van der Waals surface area contributed by atoms with Gasteiger partial charge >= 0.3 is 0 Å². The van der Waals surface area contributed by atoms with Gasteiger partial charge < -0.3 is 10.1 Å². The molecule has 0 spiro atoms. The molecule has 1 unspecified atom stereocenters. The zero-order valence-electron chi connectivity index (χ0n) is 7.74. The molecule has 1 heterocycles. The molecule has 0 bridgehead atoms. The van der Waals surface area contributed by atoms with Crippen LogP contribution in [0.1, 0.15) is 11.6 Å². The molecule has 0 aliphatic heterocycles. The third-order valence-corrected chi connectivity index (χ3v) is 1.80. The molecule has 1 N–H and O–H groups in total. The number of rotatable bonds is 3. The van der Waals surface area contributed by atoms with E-state index in [0.717, 1.165) is 5.56 Å². The fourth-order valence-electron chi connectivity index (χ4n) is 1.13. The van der Waals surface area contributed by atoms with Crippen LogP contribution in [0, 0.1) is 12.3 Å². The van der Waals surface area contributed by atoms with Gasteiger partial charge in [0, 0.05) is 11.8 Å². The molecule has 0 fully saturated rings. The van der Waals surface area contributed by atoms with Crippen molar-refractivity contribution >= 4 is 0 Å². The molecule has 0 radical (unpaired) electrons. The molecule has 1 rings (SSSR count). The van der Waals surface area contributed by atoms with E-state index in [1.807, 2.05) is 13.1 Å². The van der Waals surface area contributed by atoms with Crippen LogP contribution in [0.15, 0.2) is 18.5 Å². The Bertz CT molecular complexity index is 317. The average Bonchev–Trinajstić information content (AvgIpc) is 2.20. The van der Waals surface area contributed by atoms with E-state index in [4.69, 9.17) is 11.2 Å². The SMILES string of the molecule is C#CC(NC)c1ccncc1OC. The highest BCUT2D eigenvalue weighted by Crippen LogP contribution is 2.22. The minimum Gasteiger partial charge on any atom is -0.495 e. The van der Waals surface area contributed by atoms with E-state index in [-0.39, 0.29) is 6.04 Å². The topological polar surface area (TPSA) is 34.2 Å². The van der Waals surface area contributed by atoms with Gasteiger partial charge in [0.25, 0.3) is 0 Å². The summed E-state index contributed by atoms with van der Waals surface area (Å²) in [7, 11) is 3.41. The Balaban J connectivity index is 3.05. The van der Waals surface area contributed by atoms with E-state index in [1.165, 1.54) is 0 Å². The van der Waals surface area contributed by atoms with E-state index < -0.39 is 0 Å². The fourth-order valence-corrected chi connectivity index (χ4v) is 1.13. The molecule has 1 aromatic heterocycles. The van der Waals surface area contributed by atoms with Crippen molar-refractivity contribution in [2.45, 2.75) is 6.04 Å². The molecule has 1 atom stereocenters. The van der Waals surface area contributed by atoms with Gasteiger partial charge in [-0.3, -0.25) is 4.98 Å². The van der Waals surface area contributed by atoms with Crippen molar-refractivity contribution in [3.05, 3.63) is 24.0 Å². The fraction of sp³-hybridized carbons (Fsp3) is 0.300. The van der Waals surface area contributed by atoms with Gasteiger partial charge in [0.15, 0.2) is 0 Å². The number of nitrogens with zero attached hydrogens (tertiary/aromatic N) is 1. The highest BCUT2D eigenvalue weighted by Gasteiger charge is 2.10. The maximum atomic E-state index is 5.35. The van der Waals surface area contributed by atoms with E-state index in [9.17, 15) is 0 Å². The molecule has 0 saturated carbocycles. The van der Waals surface area contributed by atoms with Gasteiger partial charge in [-0.15, -0.1) is 6.42 Å². The summed E-state index contributed by atoms with van der Waals surface area (Å²) in [5.41, 5.74) is 0.933. The van der Waals surface area contributed by atoms with Crippen LogP contribution >= 0.6 is 0 Å². The predicted molar refractivity (Wildman–Crippen MR) is 51.4 cm³/mol. The lowest BCUT2D eigenvalue weighted by atomic mass is 10.1. The molecule has 13 heavy (non-hydrogen) atoms. The van der Waals surface area contributed by atoms with E-state index >= 15 is 0 Å². The number of hydrogen-bond donors (Lipinski definition) is 1. The molecule has 3 heteroatoms. The van der Waals surface area contributed by atoms with Crippen LogP contribution in [0.25, 0.3) is 0 Å². The molecule has 0 saturated heterocycles. The lowest BCUT2D eigenvalue weighted by Gasteiger charge is -2.12. The molecule has 68 valence electrons. The van der Waals surface area contributed by atoms with E-state index in [0.29, 0.717) is 5.75 Å². The third kappa shape index (κ3) is 1.98. The Kier molecular flexibility index (Phi) is 3.30. The Morgan fingerprint density at radius 2 is 2.46 bits per heavy atom. The predicted octanol–water partition coefficient (Wildman–Crippen LogP) is 0.984. The van der Waals surface area contributed by atoms with Gasteiger partial charge in [-0.1, -0.05) is 5.92 Å². The van der Waals surface area contributed by atoms with Gasteiger partial charge in [0.05, 0.1) is 19.3 Å². The van der Waals surface area contributed by atoms with Crippen LogP contribution in [0.4, 0.5) is 0 Å². The molecule has 0 aliphatic rings. The summed E-state index contributed by atoms with van der Waals surface area (Å²) >= 11 is 0. The van der Waals surface area contributed by atoms with Crippen molar-refractivity contribution in [1.82, 2.24) is 10.3 Å². The summed E-state index contributed by atoms with van der Waals surface area (Å²) < 4.78 is 5.13. The first-order chi connectivity index (χ1) is 6.33. The lowest BCUT2D eigenvalue weighted by molar-refractivity contribution is 0.404. The van der Waals surface area contributed by atoms with Crippen LogP contribution in [0.5, 0.6) is 5.75 Å². The first-order valence-corrected chi connectivity index (χ1v) is 3.94. The van der Waals surface area contributed by atoms with Crippen LogP contribution in [0.2, 0.25) is 0 Å². The number of hydrogen-bond acceptors (Lipinski definition) is 3. The summed E-state index contributed by atoms with van der Waals surface area (Å²) in [6.45, 7) is 0. The Labute approximate surface area is 78.1 Å². The Morgan fingerprint density at radius 3 is 3.00 bits per heavy atom. The van der Waals surface area contributed by atoms with E-state index in [2.05, 4.69) is 16.2 Å². The number of ether oxygens (including phenoxy) is 1. The molecule has 1 aromatic rings. The number of nitrogens with one attached hydrogen (secondary N) is 1. The number of terminal acetylenes is 1. The summed E-state index contributed by atoms with van der Waals surface area (Å²) in [6, 6.07) is 1.72. The maximum absolute atomic E-state index is 5.35. The van der Waals surface area contributed by atoms with Crippen LogP contribution < -0.4 is 10.1 Å². The first-order valence-electron chi connectivity index (χ1n) is 3.94. The van der Waals surface area contributed by atoms with Gasteiger partial charge in [0.2, 0.25) is 0 Å². The summed E-state index contributed by atoms with van der Waals surface area (Å²) in [5, 5.41) is 3.00. The van der Waals surface area contributed by atoms with Gasteiger partial charge in [-0.2, -0.15) is 0 Å². The minimum absolute atomic E-state index is 0.127. The monoisotopic (exact) mass is 176 g/mol. The van der Waals surface area contributed by atoms with Crippen LogP contribution in [-0.2, 0) is 0 Å². The number of pyridine rings is 1. The molecule has 0 amide bonds. The van der Waals surface area contributed by atoms with Gasteiger partial charge in [-0.05, 0) is 13.1 Å². The number of methoxy groups -OCH3 is 1. The second kappa shape index (κ2) is 4.48. The smallest absolute Gasteiger partial charge is 0.142 e. The standard InChI is InChI=1S/C10H12N2O/c1-4-9(11-2)8-5-6-12-7-10(8)13-3/h1,5-7,9,11H,2-3H3. The van der Waals surface area contributed by atoms with Crippen molar-refractivity contribution in [3.63, 3.8) is 0 Å². The molecule has 3 nitrogen and oxygen atoms in total. The normalized spacial score (nSPS) is 11.8. The van der Waals surface area contributed by atoms with Crippen LogP contribution in [0.3, 0.4) is 0 Å². The molecular weight excluding hydrogens is 164 g/mol. The summed E-state index contributed by atoms with van der Waals surface area (Å²) in [6.07, 6.45) is 8.69. The van der Waals surface area contributed by atoms with Crippen molar-refractivity contribution in [3.8, 4) is 18.1 Å². The second-order valence-corrected chi connectivity index (χ2v) is 2.51.